The first-order chi connectivity index (χ1) is 11.1. The van der Waals surface area contributed by atoms with Crippen molar-refractivity contribution in [1.82, 2.24) is 0 Å². The van der Waals surface area contributed by atoms with Crippen molar-refractivity contribution in [3.05, 3.63) is 0 Å². The van der Waals surface area contributed by atoms with Crippen molar-refractivity contribution >= 4 is 23.9 Å². The van der Waals surface area contributed by atoms with Gasteiger partial charge < -0.3 is 23.7 Å². The lowest BCUT2D eigenvalue weighted by molar-refractivity contribution is -0.277. The molecule has 0 aromatic heterocycles. The summed E-state index contributed by atoms with van der Waals surface area (Å²) in [7, 11) is 0. The quantitative estimate of drug-likeness (QED) is 0.500. The molecule has 0 radical (unpaired) electrons. The Hall–Kier alpha value is -2.23. The number of alkyl halides is 1. The molecule has 1 rings (SSSR count). The van der Waals surface area contributed by atoms with Crippen molar-refractivity contribution in [2.24, 2.45) is 0 Å². The van der Waals surface area contributed by atoms with Crippen molar-refractivity contribution in [2.45, 2.75) is 58.5 Å². The Kier molecular flexibility index (Phi) is 7.08. The van der Waals surface area contributed by atoms with E-state index in [2.05, 4.69) is 0 Å². The zero-order valence-electron chi connectivity index (χ0n) is 13.6. The summed E-state index contributed by atoms with van der Waals surface area (Å²) in [6, 6.07) is 0. The fourth-order valence-electron chi connectivity index (χ4n) is 2.18. The molecule has 0 N–H and O–H groups in total. The van der Waals surface area contributed by atoms with E-state index in [-0.39, 0.29) is 0 Å². The summed E-state index contributed by atoms with van der Waals surface area (Å²) in [5, 5.41) is 0. The molecule has 0 saturated carbocycles. The molecule has 24 heavy (non-hydrogen) atoms. The van der Waals surface area contributed by atoms with Crippen LogP contribution in [-0.2, 0) is 42.9 Å². The summed E-state index contributed by atoms with van der Waals surface area (Å²) < 4.78 is 38.7. The van der Waals surface area contributed by atoms with Crippen LogP contribution in [-0.4, -0.2) is 61.3 Å². The summed E-state index contributed by atoms with van der Waals surface area (Å²) in [5.41, 5.74) is 0. The number of carbonyl (C=O) groups excluding carboxylic acids is 4. The zero-order chi connectivity index (χ0) is 18.4. The van der Waals surface area contributed by atoms with Crippen LogP contribution in [0.3, 0.4) is 0 Å². The third-order valence-corrected chi connectivity index (χ3v) is 2.93. The number of carbonyl (C=O) groups is 4. The van der Waals surface area contributed by atoms with Crippen molar-refractivity contribution in [2.75, 3.05) is 6.61 Å². The second kappa shape index (κ2) is 8.57. The number of esters is 4. The minimum absolute atomic E-state index is 0.446. The average molecular weight is 350 g/mol. The van der Waals surface area contributed by atoms with E-state index in [0.717, 1.165) is 27.7 Å². The predicted molar refractivity (Wildman–Crippen MR) is 73.1 cm³/mol. The number of ether oxygens (including phenoxy) is 5. The van der Waals surface area contributed by atoms with Crippen LogP contribution in [0, 0.1) is 0 Å². The summed E-state index contributed by atoms with van der Waals surface area (Å²) in [6.45, 7) is 3.85. The van der Waals surface area contributed by atoms with E-state index in [9.17, 15) is 23.6 Å². The van der Waals surface area contributed by atoms with Gasteiger partial charge in [-0.1, -0.05) is 0 Å². The maximum Gasteiger partial charge on any atom is 0.303 e. The molecule has 0 aromatic rings. The fraction of sp³-hybridized carbons (Fsp3) is 0.714. The lowest BCUT2D eigenvalue weighted by atomic mass is 9.98. The summed E-state index contributed by atoms with van der Waals surface area (Å²) in [6.07, 6.45) is -7.85. The first-order valence-corrected chi connectivity index (χ1v) is 7.06. The van der Waals surface area contributed by atoms with Gasteiger partial charge in [0.25, 0.3) is 0 Å². The molecule has 1 saturated heterocycles. The molecule has 0 bridgehead atoms. The van der Waals surface area contributed by atoms with Crippen molar-refractivity contribution in [3.63, 3.8) is 0 Å². The Morgan fingerprint density at radius 3 is 1.71 bits per heavy atom. The third-order valence-electron chi connectivity index (χ3n) is 2.93. The van der Waals surface area contributed by atoms with Crippen LogP contribution >= 0.6 is 0 Å². The van der Waals surface area contributed by atoms with Crippen LogP contribution in [0.4, 0.5) is 4.39 Å². The minimum atomic E-state index is -2.18. The van der Waals surface area contributed by atoms with Crippen molar-refractivity contribution in [3.8, 4) is 0 Å². The van der Waals surface area contributed by atoms with Gasteiger partial charge >= 0.3 is 23.9 Å². The van der Waals surface area contributed by atoms with Gasteiger partial charge in [-0.05, 0) is 0 Å². The monoisotopic (exact) mass is 350 g/mol. The van der Waals surface area contributed by atoms with Gasteiger partial charge in [-0.25, -0.2) is 4.39 Å². The standard InChI is InChI=1S/C14H19FO9/c1-6(16)20-5-10-11(21-7(2)17)12(22-8(3)18)13(14(15)24-10)23-9(4)19/h10-14H,5H2,1-4H3/t10-,11-,12-,13-,14+/m0/s1. The normalized spacial score (nSPS) is 29.3. The predicted octanol–water partition coefficient (Wildman–Crippen LogP) is 0.0390. The van der Waals surface area contributed by atoms with Crippen LogP contribution in [0.15, 0.2) is 0 Å². The molecular formula is C14H19FO9. The van der Waals surface area contributed by atoms with E-state index < -0.39 is 61.3 Å². The van der Waals surface area contributed by atoms with Gasteiger partial charge in [0.15, 0.2) is 18.3 Å². The molecule has 0 aliphatic carbocycles. The second-order valence-electron chi connectivity index (χ2n) is 5.05. The molecule has 1 fully saturated rings. The highest BCUT2D eigenvalue weighted by Crippen LogP contribution is 2.29. The Bertz CT molecular complexity index is 506. The van der Waals surface area contributed by atoms with Crippen LogP contribution in [0.1, 0.15) is 27.7 Å². The largest absolute Gasteiger partial charge is 0.463 e. The van der Waals surface area contributed by atoms with Crippen LogP contribution in [0.2, 0.25) is 0 Å². The lowest BCUT2D eigenvalue weighted by Gasteiger charge is -2.41. The van der Waals surface area contributed by atoms with E-state index in [1.54, 1.807) is 0 Å². The molecule has 5 atom stereocenters. The highest BCUT2D eigenvalue weighted by Gasteiger charge is 2.52. The van der Waals surface area contributed by atoms with Crippen LogP contribution < -0.4 is 0 Å². The molecule has 1 aliphatic heterocycles. The van der Waals surface area contributed by atoms with Crippen molar-refractivity contribution in [1.29, 1.82) is 0 Å². The Morgan fingerprint density at radius 1 is 0.792 bits per heavy atom. The van der Waals surface area contributed by atoms with E-state index in [1.807, 2.05) is 0 Å². The number of halogens is 1. The highest BCUT2D eigenvalue weighted by molar-refractivity contribution is 5.68. The maximum absolute atomic E-state index is 14.2. The number of hydrogen-bond acceptors (Lipinski definition) is 9. The average Bonchev–Trinajstić information content (AvgIpc) is 2.42. The van der Waals surface area contributed by atoms with Gasteiger partial charge in [-0.3, -0.25) is 19.2 Å². The molecule has 0 amide bonds. The van der Waals surface area contributed by atoms with E-state index in [1.165, 1.54) is 0 Å². The highest BCUT2D eigenvalue weighted by atomic mass is 19.1. The number of rotatable bonds is 5. The molecule has 1 aliphatic rings. The first-order valence-electron chi connectivity index (χ1n) is 7.06. The fourth-order valence-corrected chi connectivity index (χ4v) is 2.18. The van der Waals surface area contributed by atoms with E-state index in [4.69, 9.17) is 23.7 Å². The lowest BCUT2D eigenvalue weighted by Crippen LogP contribution is -2.61. The van der Waals surface area contributed by atoms with Gasteiger partial charge in [0, 0.05) is 27.7 Å². The molecule has 0 aromatic carbocycles. The molecule has 10 heteroatoms. The summed E-state index contributed by atoms with van der Waals surface area (Å²) in [5.74, 6) is -3.09. The first kappa shape index (κ1) is 19.8. The van der Waals surface area contributed by atoms with Crippen LogP contribution in [0.25, 0.3) is 0 Å². The SMILES string of the molecule is CC(=O)OC[C@@H]1O[C@@H](F)[C@@H](OC(C)=O)[C@@H](OC(C)=O)[C@H]1OC(C)=O. The molecule has 0 spiro atoms. The van der Waals surface area contributed by atoms with Gasteiger partial charge in [0.05, 0.1) is 0 Å². The smallest absolute Gasteiger partial charge is 0.303 e. The molecule has 136 valence electrons. The van der Waals surface area contributed by atoms with Crippen molar-refractivity contribution < 1.29 is 47.3 Å². The molecule has 0 unspecified atom stereocenters. The Labute approximate surface area is 137 Å². The second-order valence-corrected chi connectivity index (χ2v) is 5.05. The Morgan fingerprint density at radius 2 is 1.25 bits per heavy atom. The summed E-state index contributed by atoms with van der Waals surface area (Å²) >= 11 is 0. The van der Waals surface area contributed by atoms with Crippen LogP contribution in [0.5, 0.6) is 0 Å². The van der Waals surface area contributed by atoms with Gasteiger partial charge in [-0.2, -0.15) is 0 Å². The Balaban J connectivity index is 3.11. The third kappa shape index (κ3) is 5.76. The summed E-state index contributed by atoms with van der Waals surface area (Å²) in [4.78, 5) is 44.7. The molecular weight excluding hydrogens is 331 g/mol. The topological polar surface area (TPSA) is 114 Å². The molecule has 1 heterocycles. The minimum Gasteiger partial charge on any atom is -0.463 e. The van der Waals surface area contributed by atoms with E-state index in [0.29, 0.717) is 0 Å². The molecule has 9 nitrogen and oxygen atoms in total. The maximum atomic E-state index is 14.2. The zero-order valence-corrected chi connectivity index (χ0v) is 13.6. The van der Waals surface area contributed by atoms with Gasteiger partial charge in [0.2, 0.25) is 6.36 Å². The van der Waals surface area contributed by atoms with Gasteiger partial charge in [-0.15, -0.1) is 0 Å². The van der Waals surface area contributed by atoms with Gasteiger partial charge in [0.1, 0.15) is 12.7 Å². The number of hydrogen-bond donors (Lipinski definition) is 0. The van der Waals surface area contributed by atoms with E-state index >= 15 is 0 Å².